The highest BCUT2D eigenvalue weighted by molar-refractivity contribution is 8.18. The Morgan fingerprint density at radius 1 is 1.40 bits per heavy atom. The predicted molar refractivity (Wildman–Crippen MR) is 97.7 cm³/mol. The van der Waals surface area contributed by atoms with Gasteiger partial charge in [-0.1, -0.05) is 12.1 Å². The topological polar surface area (TPSA) is 93.9 Å². The van der Waals surface area contributed by atoms with Crippen molar-refractivity contribution in [2.24, 2.45) is 5.73 Å². The van der Waals surface area contributed by atoms with Crippen LogP contribution < -0.4 is 20.7 Å². The van der Waals surface area contributed by atoms with E-state index in [0.29, 0.717) is 18.1 Å². The largest absolute Gasteiger partial charge is 0.489 e. The fourth-order valence-corrected chi connectivity index (χ4v) is 3.57. The van der Waals surface area contributed by atoms with Crippen LogP contribution in [0.5, 0.6) is 5.75 Å². The molecule has 134 valence electrons. The van der Waals surface area contributed by atoms with Crippen LogP contribution in [0.3, 0.4) is 0 Å². The van der Waals surface area contributed by atoms with Crippen LogP contribution in [0.15, 0.2) is 23.1 Å². The summed E-state index contributed by atoms with van der Waals surface area (Å²) in [5.74, 6) is 0.347. The second kappa shape index (κ2) is 7.90. The summed E-state index contributed by atoms with van der Waals surface area (Å²) in [5, 5.41) is 1.92. The third-order valence-electron chi connectivity index (χ3n) is 4.04. The van der Waals surface area contributed by atoms with Crippen LogP contribution in [-0.2, 0) is 9.53 Å². The lowest BCUT2D eigenvalue weighted by atomic mass is 10.1. The Hall–Kier alpha value is -2.03. The SMILES string of the molecule is COCCOc1cccc(/C=C2\SC(=O)NC2=O)c1N1CC[C@H](N)C1. The van der Waals surface area contributed by atoms with E-state index in [-0.39, 0.29) is 17.2 Å². The Labute approximate surface area is 150 Å². The van der Waals surface area contributed by atoms with Crippen molar-refractivity contribution in [3.05, 3.63) is 28.7 Å². The number of carbonyl (C=O) groups excluding carboxylic acids is 2. The van der Waals surface area contributed by atoms with E-state index in [0.717, 1.165) is 48.3 Å². The van der Waals surface area contributed by atoms with Crippen LogP contribution in [0, 0.1) is 0 Å². The molecule has 0 radical (unpaired) electrons. The Kier molecular flexibility index (Phi) is 5.62. The molecular weight excluding hydrogens is 342 g/mol. The van der Waals surface area contributed by atoms with Gasteiger partial charge >= 0.3 is 0 Å². The average Bonchev–Trinajstić information content (AvgIpc) is 3.13. The van der Waals surface area contributed by atoms with Crippen molar-refractivity contribution in [1.29, 1.82) is 0 Å². The first kappa shape index (κ1) is 17.8. The van der Waals surface area contributed by atoms with Gasteiger partial charge in [0, 0.05) is 31.8 Å². The van der Waals surface area contributed by atoms with Gasteiger partial charge in [-0.15, -0.1) is 0 Å². The highest BCUT2D eigenvalue weighted by Gasteiger charge is 2.28. The summed E-state index contributed by atoms with van der Waals surface area (Å²) < 4.78 is 10.9. The Bertz CT molecular complexity index is 707. The number of para-hydroxylation sites is 1. The van der Waals surface area contributed by atoms with Crippen molar-refractivity contribution < 1.29 is 19.1 Å². The van der Waals surface area contributed by atoms with Gasteiger partial charge in [0.1, 0.15) is 12.4 Å². The Morgan fingerprint density at radius 3 is 2.88 bits per heavy atom. The lowest BCUT2D eigenvalue weighted by molar-refractivity contribution is -0.115. The second-order valence-electron chi connectivity index (χ2n) is 5.88. The molecule has 2 saturated heterocycles. The number of methoxy groups -OCH3 is 1. The van der Waals surface area contributed by atoms with E-state index < -0.39 is 0 Å². The zero-order valence-corrected chi connectivity index (χ0v) is 14.8. The summed E-state index contributed by atoms with van der Waals surface area (Å²) in [6.45, 7) is 2.45. The van der Waals surface area contributed by atoms with Crippen molar-refractivity contribution in [1.82, 2.24) is 5.32 Å². The van der Waals surface area contributed by atoms with Crippen LogP contribution in [0.25, 0.3) is 6.08 Å². The number of benzene rings is 1. The number of imide groups is 1. The standard InChI is InChI=1S/C17H21N3O4S/c1-23-7-8-24-13-4-2-3-11(9-14-16(21)19-17(22)25-14)15(13)20-6-5-12(18)10-20/h2-4,9,12H,5-8,10,18H2,1H3,(H,19,21,22)/b14-9-/t12-/m0/s1. The molecular formula is C17H21N3O4S. The summed E-state index contributed by atoms with van der Waals surface area (Å²) in [6.07, 6.45) is 2.63. The molecule has 1 aromatic carbocycles. The maximum Gasteiger partial charge on any atom is 0.290 e. The molecule has 3 rings (SSSR count). The molecule has 2 amide bonds. The lowest BCUT2D eigenvalue weighted by Crippen LogP contribution is -2.27. The smallest absolute Gasteiger partial charge is 0.290 e. The van der Waals surface area contributed by atoms with Gasteiger partial charge < -0.3 is 20.1 Å². The molecule has 25 heavy (non-hydrogen) atoms. The Morgan fingerprint density at radius 2 is 2.24 bits per heavy atom. The van der Waals surface area contributed by atoms with Crippen molar-refractivity contribution in [3.63, 3.8) is 0 Å². The molecule has 7 nitrogen and oxygen atoms in total. The third-order valence-corrected chi connectivity index (χ3v) is 4.86. The van der Waals surface area contributed by atoms with E-state index in [4.69, 9.17) is 15.2 Å². The average molecular weight is 363 g/mol. The van der Waals surface area contributed by atoms with Gasteiger partial charge in [0.05, 0.1) is 17.2 Å². The van der Waals surface area contributed by atoms with Crippen LogP contribution in [0.1, 0.15) is 12.0 Å². The Balaban J connectivity index is 1.96. The van der Waals surface area contributed by atoms with E-state index in [1.807, 2.05) is 18.2 Å². The summed E-state index contributed by atoms with van der Waals surface area (Å²) >= 11 is 0.905. The molecule has 1 atom stereocenters. The van der Waals surface area contributed by atoms with Gasteiger partial charge in [-0.05, 0) is 30.3 Å². The molecule has 2 heterocycles. The van der Waals surface area contributed by atoms with Crippen molar-refractivity contribution >= 4 is 34.7 Å². The van der Waals surface area contributed by atoms with Crippen LogP contribution in [0.2, 0.25) is 0 Å². The van der Waals surface area contributed by atoms with Crippen molar-refractivity contribution in [2.75, 3.05) is 38.3 Å². The van der Waals surface area contributed by atoms with Crippen LogP contribution >= 0.6 is 11.8 Å². The molecule has 0 saturated carbocycles. The number of nitrogens with one attached hydrogen (secondary N) is 1. The number of ether oxygens (including phenoxy) is 2. The normalized spacial score (nSPS) is 21.9. The number of nitrogens with two attached hydrogens (primary N) is 1. The summed E-state index contributed by atoms with van der Waals surface area (Å²) in [5.41, 5.74) is 7.78. The number of nitrogens with zero attached hydrogens (tertiary/aromatic N) is 1. The zero-order chi connectivity index (χ0) is 17.8. The molecule has 0 aromatic heterocycles. The van der Waals surface area contributed by atoms with E-state index in [9.17, 15) is 9.59 Å². The molecule has 1 aromatic rings. The van der Waals surface area contributed by atoms with Crippen molar-refractivity contribution in [2.45, 2.75) is 12.5 Å². The summed E-state index contributed by atoms with van der Waals surface area (Å²) in [7, 11) is 1.62. The molecule has 2 fully saturated rings. The van der Waals surface area contributed by atoms with Gasteiger partial charge in [-0.25, -0.2) is 0 Å². The van der Waals surface area contributed by atoms with Gasteiger partial charge in [-0.3, -0.25) is 14.9 Å². The highest BCUT2D eigenvalue weighted by atomic mass is 32.2. The van der Waals surface area contributed by atoms with Gasteiger partial charge in [0.25, 0.3) is 11.1 Å². The predicted octanol–water partition coefficient (Wildman–Crippen LogP) is 1.57. The minimum Gasteiger partial charge on any atom is -0.489 e. The van der Waals surface area contributed by atoms with E-state index in [1.165, 1.54) is 0 Å². The number of thioether (sulfide) groups is 1. The second-order valence-corrected chi connectivity index (χ2v) is 6.90. The first-order valence-corrected chi connectivity index (χ1v) is 8.90. The molecule has 2 aliphatic rings. The first-order chi connectivity index (χ1) is 12.1. The monoisotopic (exact) mass is 363 g/mol. The fraction of sp³-hybridized carbons (Fsp3) is 0.412. The number of amides is 2. The highest BCUT2D eigenvalue weighted by Crippen LogP contribution is 2.37. The third kappa shape index (κ3) is 4.15. The minimum atomic E-state index is -0.371. The zero-order valence-electron chi connectivity index (χ0n) is 14.0. The summed E-state index contributed by atoms with van der Waals surface area (Å²) in [4.78, 5) is 25.8. The fourth-order valence-electron chi connectivity index (χ4n) is 2.90. The van der Waals surface area contributed by atoms with Crippen molar-refractivity contribution in [3.8, 4) is 5.75 Å². The molecule has 3 N–H and O–H groups in total. The van der Waals surface area contributed by atoms with E-state index in [1.54, 1.807) is 13.2 Å². The molecule has 0 bridgehead atoms. The minimum absolute atomic E-state index is 0.110. The number of anilines is 1. The number of hydrogen-bond acceptors (Lipinski definition) is 7. The van der Waals surface area contributed by atoms with Crippen LogP contribution in [0.4, 0.5) is 10.5 Å². The number of rotatable bonds is 6. The molecule has 0 aliphatic carbocycles. The van der Waals surface area contributed by atoms with Gasteiger partial charge in [0.2, 0.25) is 0 Å². The maximum absolute atomic E-state index is 11.9. The van der Waals surface area contributed by atoms with Crippen LogP contribution in [-0.4, -0.2) is 50.6 Å². The maximum atomic E-state index is 11.9. The molecule has 0 spiro atoms. The number of carbonyl (C=O) groups is 2. The van der Waals surface area contributed by atoms with Gasteiger partial charge in [-0.2, -0.15) is 0 Å². The number of hydrogen-bond donors (Lipinski definition) is 2. The van der Waals surface area contributed by atoms with E-state index in [2.05, 4.69) is 10.2 Å². The van der Waals surface area contributed by atoms with E-state index >= 15 is 0 Å². The lowest BCUT2D eigenvalue weighted by Gasteiger charge is -2.24. The first-order valence-electron chi connectivity index (χ1n) is 8.08. The quantitative estimate of drug-likeness (QED) is 0.585. The molecule has 2 aliphatic heterocycles. The van der Waals surface area contributed by atoms with Gasteiger partial charge in [0.15, 0.2) is 0 Å². The summed E-state index contributed by atoms with van der Waals surface area (Å²) in [6, 6.07) is 5.78. The molecule has 0 unspecified atom stereocenters. The molecule has 8 heteroatoms.